The second-order valence-electron chi connectivity index (χ2n) is 11.3. The summed E-state index contributed by atoms with van der Waals surface area (Å²) in [4.78, 5) is 41.6. The first-order chi connectivity index (χ1) is 18.2. The summed E-state index contributed by atoms with van der Waals surface area (Å²) in [5, 5.41) is 27.5. The highest BCUT2D eigenvalue weighted by molar-refractivity contribution is 6.00. The number of nitrogens with zero attached hydrogens (tertiary/aromatic N) is 1. The quantitative estimate of drug-likeness (QED) is 0.346. The normalized spacial score (nSPS) is 13.3. The highest BCUT2D eigenvalue weighted by Crippen LogP contribution is 2.32. The van der Waals surface area contributed by atoms with E-state index in [9.17, 15) is 24.6 Å². The maximum atomic E-state index is 13.9. The summed E-state index contributed by atoms with van der Waals surface area (Å²) in [5.41, 5.74) is -0.890. The summed E-state index contributed by atoms with van der Waals surface area (Å²) < 4.78 is 5.26. The Bertz CT molecular complexity index is 1340. The fourth-order valence-electron chi connectivity index (χ4n) is 4.24. The molecule has 0 aliphatic carbocycles. The first-order valence-electron chi connectivity index (χ1n) is 12.7. The van der Waals surface area contributed by atoms with Crippen molar-refractivity contribution >= 4 is 34.4 Å². The Hall–Kier alpha value is -4.11. The molecule has 0 aromatic heterocycles. The number of carbonyl (C=O) groups excluding carboxylic acids is 3. The number of aliphatic hydroxyl groups is 1. The van der Waals surface area contributed by atoms with Crippen LogP contribution in [-0.4, -0.2) is 56.8 Å². The molecule has 39 heavy (non-hydrogen) atoms. The van der Waals surface area contributed by atoms with E-state index in [-0.39, 0.29) is 5.75 Å². The van der Waals surface area contributed by atoms with Crippen molar-refractivity contribution in [3.05, 3.63) is 72.3 Å². The molecule has 9 heteroatoms. The van der Waals surface area contributed by atoms with Crippen LogP contribution in [0.15, 0.2) is 66.7 Å². The Morgan fingerprint density at radius 2 is 1.56 bits per heavy atom. The number of carbonyl (C=O) groups is 3. The van der Waals surface area contributed by atoms with Crippen LogP contribution in [0.1, 0.15) is 53.1 Å². The largest absolute Gasteiger partial charge is 0.508 e. The molecule has 0 spiro atoms. The lowest BCUT2D eigenvalue weighted by molar-refractivity contribution is -0.147. The van der Waals surface area contributed by atoms with E-state index < -0.39 is 47.7 Å². The fraction of sp³-hybridized carbons (Fsp3) is 0.367. The minimum Gasteiger partial charge on any atom is -0.508 e. The van der Waals surface area contributed by atoms with Crippen molar-refractivity contribution in [2.75, 3.05) is 11.9 Å². The van der Waals surface area contributed by atoms with Crippen LogP contribution in [0.4, 0.5) is 10.5 Å². The fourth-order valence-corrected chi connectivity index (χ4v) is 4.24. The van der Waals surface area contributed by atoms with Crippen LogP contribution in [-0.2, 0) is 14.3 Å². The lowest BCUT2D eigenvalue weighted by atomic mass is 9.95. The minimum absolute atomic E-state index is 0.0806. The zero-order valence-corrected chi connectivity index (χ0v) is 23.2. The number of amides is 3. The maximum absolute atomic E-state index is 13.9. The van der Waals surface area contributed by atoms with Crippen LogP contribution < -0.4 is 10.6 Å². The number of aromatic hydroxyl groups is 1. The number of alkyl carbamates (subject to hydrolysis) is 1. The van der Waals surface area contributed by atoms with E-state index >= 15 is 0 Å². The van der Waals surface area contributed by atoms with E-state index in [1.807, 2.05) is 36.4 Å². The smallest absolute Gasteiger partial charge is 0.408 e. The van der Waals surface area contributed by atoms with Gasteiger partial charge in [-0.2, -0.15) is 0 Å². The molecule has 0 bridgehead atoms. The Morgan fingerprint density at radius 1 is 0.897 bits per heavy atom. The van der Waals surface area contributed by atoms with Gasteiger partial charge in [0.1, 0.15) is 23.4 Å². The van der Waals surface area contributed by atoms with Crippen molar-refractivity contribution < 1.29 is 29.3 Å². The third-order valence-electron chi connectivity index (χ3n) is 5.84. The Morgan fingerprint density at radius 3 is 2.15 bits per heavy atom. The van der Waals surface area contributed by atoms with Gasteiger partial charge < -0.3 is 30.5 Å². The van der Waals surface area contributed by atoms with Crippen molar-refractivity contribution in [2.24, 2.45) is 0 Å². The molecular formula is C30H37N3O6. The van der Waals surface area contributed by atoms with Crippen molar-refractivity contribution in [1.82, 2.24) is 10.2 Å². The number of fused-ring (bicyclic) bond motifs is 1. The summed E-state index contributed by atoms with van der Waals surface area (Å²) in [6, 6.07) is 16.7. The van der Waals surface area contributed by atoms with E-state index in [1.165, 1.54) is 17.0 Å². The standard InChI is InChI=1S/C30H37N3O6/c1-29(2,3)33(27(37)24(18-34)32-28(38)39-30(4,5)6)25(21-12-9-13-23(35)17-21)26(36)31-22-15-14-19-10-7-8-11-20(19)16-22/h7-17,24-25,34-35H,18H2,1-6H3,(H,31,36)(H,32,38). The van der Waals surface area contributed by atoms with Gasteiger partial charge in [0, 0.05) is 11.2 Å². The number of phenols is 1. The van der Waals surface area contributed by atoms with Gasteiger partial charge in [0.05, 0.1) is 6.61 Å². The van der Waals surface area contributed by atoms with Gasteiger partial charge in [0.15, 0.2) is 0 Å². The van der Waals surface area contributed by atoms with Gasteiger partial charge in [0.2, 0.25) is 5.91 Å². The SMILES string of the molecule is CC(C)(C)OC(=O)NC(CO)C(=O)N(C(C(=O)Nc1ccc2ccccc2c1)c1cccc(O)c1)C(C)(C)C. The molecule has 3 rings (SSSR count). The van der Waals surface area contributed by atoms with Crippen LogP contribution in [0.5, 0.6) is 5.75 Å². The maximum Gasteiger partial charge on any atom is 0.408 e. The van der Waals surface area contributed by atoms with Gasteiger partial charge in [-0.15, -0.1) is 0 Å². The summed E-state index contributed by atoms with van der Waals surface area (Å²) in [6.45, 7) is 9.55. The summed E-state index contributed by atoms with van der Waals surface area (Å²) in [7, 11) is 0. The van der Waals surface area contributed by atoms with Crippen LogP contribution in [0.25, 0.3) is 10.8 Å². The molecule has 2 unspecified atom stereocenters. The molecule has 4 N–H and O–H groups in total. The highest BCUT2D eigenvalue weighted by Gasteiger charge is 2.42. The number of nitrogens with one attached hydrogen (secondary N) is 2. The van der Waals surface area contributed by atoms with E-state index in [2.05, 4.69) is 10.6 Å². The Kier molecular flexibility index (Phi) is 8.86. The number of hydrogen-bond acceptors (Lipinski definition) is 6. The summed E-state index contributed by atoms with van der Waals surface area (Å²) in [5.74, 6) is -1.31. The summed E-state index contributed by atoms with van der Waals surface area (Å²) >= 11 is 0. The molecule has 2 atom stereocenters. The molecule has 0 aliphatic rings. The number of benzene rings is 3. The molecule has 3 amide bonds. The van der Waals surface area contributed by atoms with E-state index in [0.717, 1.165) is 10.8 Å². The molecule has 3 aromatic carbocycles. The van der Waals surface area contributed by atoms with Gasteiger partial charge in [-0.05, 0) is 82.1 Å². The Balaban J connectivity index is 2.03. The average Bonchev–Trinajstić information content (AvgIpc) is 2.83. The number of phenolic OH excluding ortho intramolecular Hbond substituents is 1. The predicted octanol–water partition coefficient (Wildman–Crippen LogP) is 4.74. The van der Waals surface area contributed by atoms with Crippen LogP contribution >= 0.6 is 0 Å². The highest BCUT2D eigenvalue weighted by atomic mass is 16.6. The molecule has 3 aromatic rings. The molecule has 208 valence electrons. The number of hydrogen-bond donors (Lipinski definition) is 4. The second kappa shape index (κ2) is 11.7. The number of rotatable bonds is 7. The lowest BCUT2D eigenvalue weighted by Crippen LogP contribution is -2.59. The average molecular weight is 536 g/mol. The first-order valence-corrected chi connectivity index (χ1v) is 12.7. The van der Waals surface area contributed by atoms with E-state index in [4.69, 9.17) is 4.74 Å². The van der Waals surface area contributed by atoms with E-state index in [0.29, 0.717) is 11.3 Å². The van der Waals surface area contributed by atoms with Gasteiger partial charge >= 0.3 is 6.09 Å². The molecule has 9 nitrogen and oxygen atoms in total. The van der Waals surface area contributed by atoms with Gasteiger partial charge in [-0.3, -0.25) is 9.59 Å². The second-order valence-corrected chi connectivity index (χ2v) is 11.3. The van der Waals surface area contributed by atoms with Crippen molar-refractivity contribution in [1.29, 1.82) is 0 Å². The van der Waals surface area contributed by atoms with Gasteiger partial charge in [-0.25, -0.2) is 4.79 Å². The third kappa shape index (κ3) is 7.70. The molecule has 0 saturated heterocycles. The zero-order valence-electron chi connectivity index (χ0n) is 23.2. The zero-order chi connectivity index (χ0) is 29.0. The number of anilines is 1. The van der Waals surface area contributed by atoms with Crippen molar-refractivity contribution in [3.63, 3.8) is 0 Å². The minimum atomic E-state index is -1.38. The van der Waals surface area contributed by atoms with Gasteiger partial charge in [0.25, 0.3) is 5.91 Å². The molecule has 0 fully saturated rings. The molecular weight excluding hydrogens is 498 g/mol. The van der Waals surface area contributed by atoms with Crippen LogP contribution in [0.2, 0.25) is 0 Å². The summed E-state index contributed by atoms with van der Waals surface area (Å²) in [6.07, 6.45) is -0.877. The van der Waals surface area contributed by atoms with Crippen molar-refractivity contribution in [2.45, 2.75) is 64.8 Å². The number of ether oxygens (including phenoxy) is 1. The first kappa shape index (κ1) is 29.4. The van der Waals surface area contributed by atoms with Gasteiger partial charge in [-0.1, -0.05) is 42.5 Å². The molecule has 0 saturated carbocycles. The van der Waals surface area contributed by atoms with Crippen LogP contribution in [0.3, 0.4) is 0 Å². The Labute approximate surface area is 228 Å². The third-order valence-corrected chi connectivity index (χ3v) is 5.84. The monoisotopic (exact) mass is 535 g/mol. The molecule has 0 aliphatic heterocycles. The molecule has 0 radical (unpaired) electrons. The van der Waals surface area contributed by atoms with Crippen molar-refractivity contribution in [3.8, 4) is 5.75 Å². The number of aliphatic hydroxyl groups excluding tert-OH is 1. The topological polar surface area (TPSA) is 128 Å². The molecule has 0 heterocycles. The van der Waals surface area contributed by atoms with Crippen LogP contribution in [0, 0.1) is 0 Å². The predicted molar refractivity (Wildman–Crippen MR) is 150 cm³/mol. The van der Waals surface area contributed by atoms with E-state index in [1.54, 1.807) is 59.7 Å². The lowest BCUT2D eigenvalue weighted by Gasteiger charge is -2.42.